The number of anilines is 2. The minimum atomic E-state index is -4.10. The molecule has 2 aromatic rings. The van der Waals surface area contributed by atoms with Crippen molar-refractivity contribution in [2.45, 2.75) is 4.90 Å². The lowest BCUT2D eigenvalue weighted by molar-refractivity contribution is 0.601. The normalized spacial score (nSPS) is 11.4. The van der Waals surface area contributed by atoms with E-state index in [1.165, 1.54) is 24.3 Å². The molecule has 0 aliphatic rings. The fourth-order valence-electron chi connectivity index (χ4n) is 1.61. The fraction of sp³-hybridized carbons (Fsp3) is 0. The van der Waals surface area contributed by atoms with Crippen molar-refractivity contribution < 1.29 is 12.8 Å². The lowest BCUT2D eigenvalue weighted by atomic mass is 10.3. The summed E-state index contributed by atoms with van der Waals surface area (Å²) in [5, 5.41) is -0.250. The highest BCUT2D eigenvalue weighted by molar-refractivity contribution is 9.10. The standard InChI is InChI=1S/C12H8BrCl2FN2O2S/c13-8-2-1-6(16)3-11(8)18-21(19,20)12-9(14)4-7(17)5-10(12)15/h1-5,18H,17H2. The van der Waals surface area contributed by atoms with Gasteiger partial charge in [0.1, 0.15) is 10.7 Å². The minimum absolute atomic E-state index is 0.0268. The molecule has 0 amide bonds. The summed E-state index contributed by atoms with van der Waals surface area (Å²) in [5.41, 5.74) is 5.79. The van der Waals surface area contributed by atoms with E-state index in [-0.39, 0.29) is 26.3 Å². The first-order valence-electron chi connectivity index (χ1n) is 5.43. The summed E-state index contributed by atoms with van der Waals surface area (Å²) in [6.45, 7) is 0. The van der Waals surface area contributed by atoms with Crippen molar-refractivity contribution in [3.63, 3.8) is 0 Å². The van der Waals surface area contributed by atoms with Gasteiger partial charge in [0.15, 0.2) is 0 Å². The molecule has 0 heterocycles. The SMILES string of the molecule is Nc1cc(Cl)c(S(=O)(=O)Nc2cc(F)ccc2Br)c(Cl)c1. The van der Waals surface area contributed by atoms with Crippen LogP contribution in [0.15, 0.2) is 39.7 Å². The van der Waals surface area contributed by atoms with E-state index in [2.05, 4.69) is 20.7 Å². The van der Waals surface area contributed by atoms with Crippen LogP contribution in [-0.2, 0) is 10.0 Å². The molecule has 0 saturated heterocycles. The van der Waals surface area contributed by atoms with Crippen LogP contribution in [0.2, 0.25) is 10.0 Å². The number of rotatable bonds is 3. The molecule has 9 heteroatoms. The highest BCUT2D eigenvalue weighted by Gasteiger charge is 2.23. The van der Waals surface area contributed by atoms with Gasteiger partial charge in [0.05, 0.1) is 15.7 Å². The Hall–Kier alpha value is -1.02. The molecule has 0 atom stereocenters. The second kappa shape index (κ2) is 6.00. The highest BCUT2D eigenvalue weighted by atomic mass is 79.9. The summed E-state index contributed by atoms with van der Waals surface area (Å²) in [5.74, 6) is -0.592. The average molecular weight is 414 g/mol. The predicted molar refractivity (Wildman–Crippen MR) is 85.8 cm³/mol. The van der Waals surface area contributed by atoms with Crippen LogP contribution in [-0.4, -0.2) is 8.42 Å². The number of hydrogen-bond donors (Lipinski definition) is 2. The molecule has 0 fully saturated rings. The van der Waals surface area contributed by atoms with Crippen molar-refractivity contribution in [3.05, 3.63) is 50.7 Å². The van der Waals surface area contributed by atoms with Gasteiger partial charge in [-0.2, -0.15) is 0 Å². The largest absolute Gasteiger partial charge is 0.399 e. The topological polar surface area (TPSA) is 72.2 Å². The number of nitrogens with two attached hydrogens (primary N) is 1. The van der Waals surface area contributed by atoms with Crippen molar-refractivity contribution in [2.75, 3.05) is 10.5 Å². The number of halogens is 4. The Balaban J connectivity index is 2.51. The Morgan fingerprint density at radius 1 is 1.14 bits per heavy atom. The van der Waals surface area contributed by atoms with E-state index in [9.17, 15) is 12.8 Å². The molecular formula is C12H8BrCl2FN2O2S. The third-order valence-electron chi connectivity index (χ3n) is 2.46. The maximum Gasteiger partial charge on any atom is 0.264 e. The second-order valence-electron chi connectivity index (χ2n) is 4.04. The predicted octanol–water partition coefficient (Wildman–Crippen LogP) is 4.28. The van der Waals surface area contributed by atoms with Gasteiger partial charge in [-0.3, -0.25) is 4.72 Å². The van der Waals surface area contributed by atoms with Crippen molar-refractivity contribution in [3.8, 4) is 0 Å². The molecule has 0 unspecified atom stereocenters. The van der Waals surface area contributed by atoms with E-state index in [1.54, 1.807) is 0 Å². The second-order valence-corrected chi connectivity index (χ2v) is 7.33. The van der Waals surface area contributed by atoms with Crippen LogP contribution in [0.1, 0.15) is 0 Å². The summed E-state index contributed by atoms with van der Waals surface area (Å²) >= 11 is 14.9. The van der Waals surface area contributed by atoms with Gasteiger partial charge >= 0.3 is 0 Å². The molecule has 0 aliphatic heterocycles. The van der Waals surface area contributed by atoms with Crippen LogP contribution in [0.25, 0.3) is 0 Å². The highest BCUT2D eigenvalue weighted by Crippen LogP contribution is 2.34. The van der Waals surface area contributed by atoms with Crippen molar-refractivity contribution in [1.29, 1.82) is 0 Å². The van der Waals surface area contributed by atoms with Gasteiger partial charge in [-0.15, -0.1) is 0 Å². The van der Waals surface area contributed by atoms with E-state index < -0.39 is 15.8 Å². The lowest BCUT2D eigenvalue weighted by Gasteiger charge is -2.13. The maximum absolute atomic E-state index is 13.2. The monoisotopic (exact) mass is 412 g/mol. The first-order valence-corrected chi connectivity index (χ1v) is 8.46. The van der Waals surface area contributed by atoms with Gasteiger partial charge < -0.3 is 5.73 Å². The van der Waals surface area contributed by atoms with Crippen LogP contribution < -0.4 is 10.5 Å². The van der Waals surface area contributed by atoms with E-state index >= 15 is 0 Å². The summed E-state index contributed by atoms with van der Waals surface area (Å²) in [6.07, 6.45) is 0. The molecule has 3 N–H and O–H groups in total. The summed E-state index contributed by atoms with van der Waals surface area (Å²) < 4.78 is 40.5. The van der Waals surface area contributed by atoms with Crippen LogP contribution in [0.4, 0.5) is 15.8 Å². The molecule has 0 spiro atoms. The van der Waals surface area contributed by atoms with Gasteiger partial charge in [-0.25, -0.2) is 12.8 Å². The smallest absolute Gasteiger partial charge is 0.264 e. The number of hydrogen-bond acceptors (Lipinski definition) is 3. The van der Waals surface area contributed by atoms with Gasteiger partial charge in [0.25, 0.3) is 10.0 Å². The molecule has 0 bridgehead atoms. The van der Waals surface area contributed by atoms with Crippen molar-refractivity contribution in [1.82, 2.24) is 0 Å². The number of sulfonamides is 1. The van der Waals surface area contributed by atoms with Crippen LogP contribution in [0.3, 0.4) is 0 Å². The molecule has 0 saturated carbocycles. The van der Waals surface area contributed by atoms with Gasteiger partial charge in [0, 0.05) is 10.2 Å². The Kier molecular flexibility index (Phi) is 4.67. The summed E-state index contributed by atoms with van der Waals surface area (Å²) in [6, 6.07) is 6.12. The minimum Gasteiger partial charge on any atom is -0.399 e. The summed E-state index contributed by atoms with van der Waals surface area (Å²) in [4.78, 5) is -0.323. The zero-order chi connectivity index (χ0) is 15.8. The lowest BCUT2D eigenvalue weighted by Crippen LogP contribution is -2.15. The maximum atomic E-state index is 13.2. The summed E-state index contributed by atoms with van der Waals surface area (Å²) in [7, 11) is -4.10. The quantitative estimate of drug-likeness (QED) is 0.737. The Labute approximate surface area is 139 Å². The Morgan fingerprint density at radius 2 is 1.71 bits per heavy atom. The zero-order valence-electron chi connectivity index (χ0n) is 10.2. The number of nitrogens with one attached hydrogen (secondary N) is 1. The van der Waals surface area contributed by atoms with Crippen molar-refractivity contribution >= 4 is 60.5 Å². The third-order valence-corrected chi connectivity index (χ3v) is 5.44. The van der Waals surface area contributed by atoms with E-state index in [4.69, 9.17) is 28.9 Å². The molecule has 2 aromatic carbocycles. The molecule has 2 rings (SSSR count). The van der Waals surface area contributed by atoms with E-state index in [1.807, 2.05) is 0 Å². The molecule has 0 aliphatic carbocycles. The van der Waals surface area contributed by atoms with Crippen LogP contribution >= 0.6 is 39.1 Å². The van der Waals surface area contributed by atoms with E-state index in [0.717, 1.165) is 6.07 Å². The fourth-order valence-corrected chi connectivity index (χ4v) is 4.39. The molecule has 112 valence electrons. The number of nitrogen functional groups attached to an aromatic ring is 1. The average Bonchev–Trinajstić information content (AvgIpc) is 2.31. The molecular weight excluding hydrogens is 406 g/mol. The molecule has 21 heavy (non-hydrogen) atoms. The van der Waals surface area contributed by atoms with Gasteiger partial charge in [0.2, 0.25) is 0 Å². The van der Waals surface area contributed by atoms with Gasteiger partial charge in [-0.05, 0) is 46.3 Å². The molecule has 0 radical (unpaired) electrons. The molecule has 0 aromatic heterocycles. The Morgan fingerprint density at radius 3 is 2.29 bits per heavy atom. The third kappa shape index (κ3) is 3.60. The van der Waals surface area contributed by atoms with Gasteiger partial charge in [-0.1, -0.05) is 23.2 Å². The molecule has 4 nitrogen and oxygen atoms in total. The Bertz CT molecular complexity index is 792. The zero-order valence-corrected chi connectivity index (χ0v) is 14.1. The van der Waals surface area contributed by atoms with Crippen LogP contribution in [0, 0.1) is 5.82 Å². The van der Waals surface area contributed by atoms with Crippen LogP contribution in [0.5, 0.6) is 0 Å². The number of benzene rings is 2. The van der Waals surface area contributed by atoms with Crippen molar-refractivity contribution in [2.24, 2.45) is 0 Å². The first-order chi connectivity index (χ1) is 9.70. The van der Waals surface area contributed by atoms with E-state index in [0.29, 0.717) is 4.47 Å². The first kappa shape index (κ1) is 16.4.